The Morgan fingerprint density at radius 2 is 1.90 bits per heavy atom. The van der Waals surface area contributed by atoms with Crippen molar-refractivity contribution < 1.29 is 23.0 Å². The van der Waals surface area contributed by atoms with E-state index < -0.39 is 21.0 Å². The molecule has 0 bridgehead atoms. The monoisotopic (exact) mass is 732 g/mol. The number of aryl methyl sites for hydroxylation is 1. The molecule has 3 heterocycles. The molecule has 1 aromatic carbocycles. The summed E-state index contributed by atoms with van der Waals surface area (Å²) < 4.78 is 32.5. The van der Waals surface area contributed by atoms with Gasteiger partial charge in [0.2, 0.25) is 5.91 Å². The summed E-state index contributed by atoms with van der Waals surface area (Å²) in [5, 5.41) is 6.93. The number of aromatic amines is 1. The molecule has 1 aliphatic heterocycles. The van der Waals surface area contributed by atoms with Crippen molar-refractivity contribution in [2.45, 2.75) is 73.9 Å². The molecule has 3 aromatic rings. The number of fused-ring (bicyclic) bond motifs is 1. The van der Waals surface area contributed by atoms with Crippen LogP contribution in [0, 0.1) is 18.8 Å². The molecular weight excluding hydrogens is 695 g/mol. The zero-order valence-corrected chi connectivity index (χ0v) is 28.6. The summed E-state index contributed by atoms with van der Waals surface area (Å²) in [6.45, 7) is 5.91. The molecule has 2 fully saturated rings. The molecule has 2 amide bonds. The van der Waals surface area contributed by atoms with Crippen molar-refractivity contribution in [3.05, 3.63) is 34.9 Å². The van der Waals surface area contributed by atoms with Crippen molar-refractivity contribution in [2.24, 2.45) is 11.8 Å². The minimum absolute atomic E-state index is 0.0414. The molecule has 14 heteroatoms. The average Bonchev–Trinajstić information content (AvgIpc) is 3.53. The lowest BCUT2D eigenvalue weighted by atomic mass is 9.82. The number of H-pyrrole nitrogens is 1. The van der Waals surface area contributed by atoms with E-state index in [0.29, 0.717) is 49.1 Å². The van der Waals surface area contributed by atoms with Crippen molar-refractivity contribution in [1.29, 1.82) is 0 Å². The van der Waals surface area contributed by atoms with E-state index in [9.17, 15) is 18.4 Å². The molecular formula is C28H37F2IN6O3P2. The standard InChI is InChI=1S/C28H37F2IN6O3P2/c1-14(2)11-18(25(38)37-12-28(30,42)13-37)17-5-6-19-21(23(17)41)33-24(32-19)22(16-7-9-27(29,31)10-8-16)36(4)26(39)20-15(3)34-40-35-20/h5-6,14,16,18,22H,7-13,41-42H2,1-4H3,(H,32,33)/t16?,18?,22-,27?/m0/s1. The van der Waals surface area contributed by atoms with Gasteiger partial charge in [0, 0.05) is 12.4 Å². The summed E-state index contributed by atoms with van der Waals surface area (Å²) >= 11 is 1.88. The SMILES string of the molecule is Cc1nonc1C(=O)N(C)[C@H](c1nc2c(P)c(C(CC(C)C)C(=O)N3CC(F)(P)C3)ccc2[nH]1)C1CCC(F)(I)CC1. The molecule has 2 aliphatic rings. The fraction of sp³-hybridized carbons (Fsp3) is 0.607. The van der Waals surface area contributed by atoms with Crippen LogP contribution in [0.25, 0.3) is 11.0 Å². The number of aromatic nitrogens is 4. The van der Waals surface area contributed by atoms with Gasteiger partial charge < -0.3 is 14.8 Å². The van der Waals surface area contributed by atoms with Gasteiger partial charge in [0.05, 0.1) is 36.1 Å². The van der Waals surface area contributed by atoms with E-state index >= 15 is 0 Å². The van der Waals surface area contributed by atoms with Crippen LogP contribution in [0.4, 0.5) is 8.78 Å². The van der Waals surface area contributed by atoms with E-state index in [1.165, 1.54) is 0 Å². The van der Waals surface area contributed by atoms with Crippen LogP contribution in [0.15, 0.2) is 16.8 Å². The summed E-state index contributed by atoms with van der Waals surface area (Å²) in [5.41, 5.74) is 2.79. The smallest absolute Gasteiger partial charge is 0.278 e. The van der Waals surface area contributed by atoms with Crippen molar-refractivity contribution >= 4 is 69.2 Å². The second-order valence-electron chi connectivity index (χ2n) is 12.3. The molecule has 4 atom stereocenters. The zero-order chi connectivity index (χ0) is 30.6. The second kappa shape index (κ2) is 12.0. The minimum atomic E-state index is -1.43. The quantitative estimate of drug-likeness (QED) is 0.190. The van der Waals surface area contributed by atoms with Crippen LogP contribution in [0.3, 0.4) is 0 Å². The number of nitrogens with zero attached hydrogens (tertiary/aromatic N) is 5. The Morgan fingerprint density at radius 3 is 2.48 bits per heavy atom. The van der Waals surface area contributed by atoms with Gasteiger partial charge in [-0.05, 0) is 90.2 Å². The van der Waals surface area contributed by atoms with Gasteiger partial charge >= 0.3 is 0 Å². The van der Waals surface area contributed by atoms with E-state index in [1.807, 2.05) is 34.7 Å². The maximum atomic E-state index is 14.8. The van der Waals surface area contributed by atoms with Crippen LogP contribution >= 0.6 is 41.1 Å². The van der Waals surface area contributed by atoms with Gasteiger partial charge in [-0.25, -0.2) is 18.4 Å². The normalized spacial score (nSPS) is 23.6. The highest BCUT2D eigenvalue weighted by atomic mass is 127. The Kier molecular flexibility index (Phi) is 9.01. The first-order valence-electron chi connectivity index (χ1n) is 14.2. The zero-order valence-electron chi connectivity index (χ0n) is 24.2. The lowest BCUT2D eigenvalue weighted by Crippen LogP contribution is -2.58. The lowest BCUT2D eigenvalue weighted by molar-refractivity contribution is -0.141. The largest absolute Gasteiger partial charge is 0.340 e. The molecule has 1 aliphatic carbocycles. The maximum Gasteiger partial charge on any atom is 0.278 e. The summed E-state index contributed by atoms with van der Waals surface area (Å²) in [4.78, 5) is 38.7. The van der Waals surface area contributed by atoms with Crippen LogP contribution < -0.4 is 5.30 Å². The number of benzene rings is 1. The molecule has 228 valence electrons. The number of alkyl halides is 3. The summed E-state index contributed by atoms with van der Waals surface area (Å²) in [5.74, 6) is -0.0980. The first kappa shape index (κ1) is 31.6. The van der Waals surface area contributed by atoms with Gasteiger partial charge in [-0.1, -0.05) is 34.3 Å². The first-order chi connectivity index (χ1) is 19.7. The Balaban J connectivity index is 1.52. The Bertz CT molecular complexity index is 1480. The third-order valence-electron chi connectivity index (χ3n) is 8.43. The third kappa shape index (κ3) is 6.36. The predicted octanol–water partition coefficient (Wildman–Crippen LogP) is 5.37. The van der Waals surface area contributed by atoms with Crippen molar-refractivity contribution in [1.82, 2.24) is 30.1 Å². The molecule has 0 radical (unpaired) electrons. The number of rotatable bonds is 8. The lowest BCUT2D eigenvalue weighted by Gasteiger charge is -2.43. The number of carbonyl (C=O) groups excluding carboxylic acids is 2. The van der Waals surface area contributed by atoms with E-state index in [1.54, 1.807) is 23.8 Å². The van der Waals surface area contributed by atoms with E-state index in [4.69, 9.17) is 9.61 Å². The van der Waals surface area contributed by atoms with Crippen molar-refractivity contribution in [3.63, 3.8) is 0 Å². The Labute approximate surface area is 262 Å². The van der Waals surface area contributed by atoms with Gasteiger partial charge in [-0.15, -0.1) is 9.24 Å². The van der Waals surface area contributed by atoms with Gasteiger partial charge in [-0.2, -0.15) is 0 Å². The number of likely N-dealkylation sites (tertiary alicyclic amines) is 1. The molecule has 1 saturated heterocycles. The van der Waals surface area contributed by atoms with Gasteiger partial charge in [-0.3, -0.25) is 9.59 Å². The molecule has 2 aromatic heterocycles. The molecule has 3 unspecified atom stereocenters. The fourth-order valence-electron chi connectivity index (χ4n) is 6.19. The van der Waals surface area contributed by atoms with Crippen LogP contribution in [0.5, 0.6) is 0 Å². The van der Waals surface area contributed by atoms with Gasteiger partial charge in [0.1, 0.15) is 11.5 Å². The molecule has 5 rings (SSSR count). The predicted molar refractivity (Wildman–Crippen MR) is 171 cm³/mol. The summed E-state index contributed by atoms with van der Waals surface area (Å²) in [7, 11) is 6.64. The van der Waals surface area contributed by atoms with Crippen LogP contribution in [0.1, 0.15) is 85.5 Å². The van der Waals surface area contributed by atoms with Crippen molar-refractivity contribution in [2.75, 3.05) is 20.1 Å². The molecule has 1 N–H and O–H groups in total. The van der Waals surface area contributed by atoms with Crippen LogP contribution in [-0.4, -0.2) is 71.1 Å². The number of nitrogens with one attached hydrogen (secondary N) is 1. The van der Waals surface area contributed by atoms with Crippen molar-refractivity contribution in [3.8, 4) is 0 Å². The fourth-order valence-corrected chi connectivity index (χ4v) is 7.77. The third-order valence-corrected chi connectivity index (χ3v) is 10.5. The summed E-state index contributed by atoms with van der Waals surface area (Å²) in [6.07, 6.45) is 2.55. The highest BCUT2D eigenvalue weighted by Gasteiger charge is 2.44. The molecule has 0 spiro atoms. The Morgan fingerprint density at radius 1 is 1.24 bits per heavy atom. The van der Waals surface area contributed by atoms with E-state index in [0.717, 1.165) is 16.4 Å². The number of hydrogen-bond acceptors (Lipinski definition) is 6. The highest BCUT2D eigenvalue weighted by molar-refractivity contribution is 14.1. The maximum absolute atomic E-state index is 14.8. The number of imidazole rings is 1. The average molecular weight is 732 g/mol. The highest BCUT2D eigenvalue weighted by Crippen LogP contribution is 2.46. The van der Waals surface area contributed by atoms with Gasteiger partial charge in [0.15, 0.2) is 14.8 Å². The van der Waals surface area contributed by atoms with E-state index in [-0.39, 0.29) is 42.4 Å². The Hall–Kier alpha value is -1.78. The first-order valence-corrected chi connectivity index (χ1v) is 16.4. The van der Waals surface area contributed by atoms with E-state index in [2.05, 4.69) is 47.6 Å². The van der Waals surface area contributed by atoms with Crippen LogP contribution in [0.2, 0.25) is 0 Å². The molecule has 9 nitrogen and oxygen atoms in total. The number of halogens is 3. The second-order valence-corrected chi connectivity index (χ2v) is 15.8. The number of carbonyl (C=O) groups is 2. The summed E-state index contributed by atoms with van der Waals surface area (Å²) in [6, 6.07) is 3.36. The van der Waals surface area contributed by atoms with Crippen LogP contribution in [-0.2, 0) is 4.79 Å². The molecule has 1 saturated carbocycles. The number of hydrogen-bond donors (Lipinski definition) is 1. The van der Waals surface area contributed by atoms with Gasteiger partial charge in [0.25, 0.3) is 5.91 Å². The molecule has 42 heavy (non-hydrogen) atoms. The minimum Gasteiger partial charge on any atom is -0.340 e. The topological polar surface area (TPSA) is 108 Å². The number of amides is 2.